The molecule has 96 valence electrons. The maximum absolute atomic E-state index is 11.6. The highest BCUT2D eigenvalue weighted by molar-refractivity contribution is 5.96. The zero-order valence-electron chi connectivity index (χ0n) is 11.0. The lowest BCUT2D eigenvalue weighted by atomic mass is 10.1. The van der Waals surface area contributed by atoms with Gasteiger partial charge in [-0.1, -0.05) is 18.2 Å². The molecule has 0 N–H and O–H groups in total. The third kappa shape index (κ3) is 2.39. The summed E-state index contributed by atoms with van der Waals surface area (Å²) in [6.45, 7) is 1.56. The van der Waals surface area contributed by atoms with Crippen LogP contribution < -0.4 is 4.74 Å². The predicted molar refractivity (Wildman–Crippen MR) is 75.0 cm³/mol. The third-order valence-electron chi connectivity index (χ3n) is 3.56. The summed E-state index contributed by atoms with van der Waals surface area (Å²) in [6.07, 6.45) is 3.52. The zero-order valence-corrected chi connectivity index (χ0v) is 11.0. The Labute approximate surface area is 113 Å². The third-order valence-corrected chi connectivity index (χ3v) is 3.56. The zero-order chi connectivity index (χ0) is 13.2. The minimum Gasteiger partial charge on any atom is -0.457 e. The molecule has 0 spiro atoms. The van der Waals surface area contributed by atoms with Crippen molar-refractivity contribution < 1.29 is 9.53 Å². The van der Waals surface area contributed by atoms with Gasteiger partial charge in [0, 0.05) is 0 Å². The molecule has 3 rings (SSSR count). The van der Waals surface area contributed by atoms with Crippen molar-refractivity contribution in [1.82, 2.24) is 0 Å². The molecule has 0 saturated heterocycles. The van der Waals surface area contributed by atoms with Gasteiger partial charge in [0.25, 0.3) is 0 Å². The molecule has 0 bridgehead atoms. The number of carbonyl (C=O) groups is 1. The molecule has 0 fully saturated rings. The first kappa shape index (κ1) is 12.0. The van der Waals surface area contributed by atoms with Gasteiger partial charge in [-0.05, 0) is 61.6 Å². The van der Waals surface area contributed by atoms with Gasteiger partial charge in [-0.2, -0.15) is 0 Å². The minimum atomic E-state index is 0.0248. The van der Waals surface area contributed by atoms with Gasteiger partial charge in [0.1, 0.15) is 11.5 Å². The molecule has 0 atom stereocenters. The van der Waals surface area contributed by atoms with E-state index in [4.69, 9.17) is 4.74 Å². The Hall–Kier alpha value is -2.09. The molecule has 2 aromatic carbocycles. The average molecular weight is 252 g/mol. The van der Waals surface area contributed by atoms with E-state index in [9.17, 15) is 4.79 Å². The van der Waals surface area contributed by atoms with Gasteiger partial charge in [0.2, 0.25) is 0 Å². The van der Waals surface area contributed by atoms with Crippen LogP contribution >= 0.6 is 0 Å². The van der Waals surface area contributed by atoms with Crippen molar-refractivity contribution in [3.8, 4) is 11.5 Å². The molecule has 1 aliphatic rings. The van der Waals surface area contributed by atoms with Crippen molar-refractivity contribution in [2.24, 2.45) is 0 Å². The van der Waals surface area contributed by atoms with Crippen LogP contribution in [-0.4, -0.2) is 5.78 Å². The Bertz CT molecular complexity index is 629. The number of ketones is 1. The van der Waals surface area contributed by atoms with Crippen LogP contribution in [0.25, 0.3) is 0 Å². The number of fused-ring (bicyclic) bond motifs is 1. The molecule has 0 unspecified atom stereocenters. The first-order valence-electron chi connectivity index (χ1n) is 6.63. The molecule has 0 saturated carbocycles. The monoisotopic (exact) mass is 252 g/mol. The summed E-state index contributed by atoms with van der Waals surface area (Å²) in [4.78, 5) is 11.6. The lowest BCUT2D eigenvalue weighted by Gasteiger charge is -2.10. The van der Waals surface area contributed by atoms with Crippen LogP contribution in [-0.2, 0) is 12.8 Å². The number of para-hydroxylation sites is 1. The van der Waals surface area contributed by atoms with E-state index < -0.39 is 0 Å². The summed E-state index contributed by atoms with van der Waals surface area (Å²) in [7, 11) is 0. The molecule has 2 nitrogen and oxygen atoms in total. The SMILES string of the molecule is CC(=O)c1ccccc1Oc1ccc2c(c1)CCC2. The smallest absolute Gasteiger partial charge is 0.163 e. The summed E-state index contributed by atoms with van der Waals surface area (Å²) < 4.78 is 5.88. The highest BCUT2D eigenvalue weighted by Crippen LogP contribution is 2.30. The highest BCUT2D eigenvalue weighted by Gasteiger charge is 2.13. The Morgan fingerprint density at radius 1 is 1.05 bits per heavy atom. The molecule has 0 aromatic heterocycles. The fraction of sp³-hybridized carbons (Fsp3) is 0.235. The van der Waals surface area contributed by atoms with E-state index in [2.05, 4.69) is 12.1 Å². The minimum absolute atomic E-state index is 0.0248. The van der Waals surface area contributed by atoms with Gasteiger partial charge >= 0.3 is 0 Å². The molecule has 0 amide bonds. The van der Waals surface area contributed by atoms with Crippen molar-refractivity contribution in [1.29, 1.82) is 0 Å². The van der Waals surface area contributed by atoms with Gasteiger partial charge in [-0.3, -0.25) is 4.79 Å². The fourth-order valence-corrected chi connectivity index (χ4v) is 2.59. The topological polar surface area (TPSA) is 26.3 Å². The lowest BCUT2D eigenvalue weighted by Crippen LogP contribution is -1.97. The Morgan fingerprint density at radius 2 is 1.84 bits per heavy atom. The van der Waals surface area contributed by atoms with Gasteiger partial charge in [-0.15, -0.1) is 0 Å². The molecule has 1 aliphatic carbocycles. The van der Waals surface area contributed by atoms with Crippen LogP contribution in [0.5, 0.6) is 11.5 Å². The van der Waals surface area contributed by atoms with Crippen molar-refractivity contribution in [2.75, 3.05) is 0 Å². The first-order chi connectivity index (χ1) is 9.24. The number of benzene rings is 2. The number of ether oxygens (including phenoxy) is 1. The van der Waals surface area contributed by atoms with Crippen LogP contribution in [0.1, 0.15) is 34.8 Å². The standard InChI is InChI=1S/C17H16O2/c1-12(18)16-7-2-3-8-17(16)19-15-10-9-13-5-4-6-14(13)11-15/h2-3,7-11H,4-6H2,1H3. The van der Waals surface area contributed by atoms with Crippen LogP contribution in [0.2, 0.25) is 0 Å². The molecular weight excluding hydrogens is 236 g/mol. The second-order valence-corrected chi connectivity index (χ2v) is 4.94. The van der Waals surface area contributed by atoms with Gasteiger partial charge in [-0.25, -0.2) is 0 Å². The van der Waals surface area contributed by atoms with Crippen LogP contribution in [0.4, 0.5) is 0 Å². The summed E-state index contributed by atoms with van der Waals surface area (Å²) in [5, 5.41) is 0. The van der Waals surface area contributed by atoms with Crippen LogP contribution in [0, 0.1) is 0 Å². The second kappa shape index (κ2) is 4.88. The number of hydrogen-bond donors (Lipinski definition) is 0. The van der Waals surface area contributed by atoms with E-state index >= 15 is 0 Å². The molecule has 2 heteroatoms. The van der Waals surface area contributed by atoms with E-state index in [-0.39, 0.29) is 5.78 Å². The van der Waals surface area contributed by atoms with Crippen LogP contribution in [0.3, 0.4) is 0 Å². The summed E-state index contributed by atoms with van der Waals surface area (Å²) in [5.74, 6) is 1.47. The van der Waals surface area contributed by atoms with Crippen molar-refractivity contribution in [2.45, 2.75) is 26.2 Å². The maximum atomic E-state index is 11.6. The predicted octanol–water partition coefficient (Wildman–Crippen LogP) is 4.17. The molecule has 2 aromatic rings. The number of rotatable bonds is 3. The van der Waals surface area contributed by atoms with E-state index in [1.54, 1.807) is 13.0 Å². The number of hydrogen-bond acceptors (Lipinski definition) is 2. The summed E-state index contributed by atoms with van der Waals surface area (Å²) >= 11 is 0. The Kier molecular flexibility index (Phi) is 3.08. The molecule has 0 aliphatic heterocycles. The van der Waals surface area contributed by atoms with E-state index in [0.717, 1.165) is 12.2 Å². The molecule has 0 heterocycles. The summed E-state index contributed by atoms with van der Waals surface area (Å²) in [5.41, 5.74) is 3.42. The van der Waals surface area contributed by atoms with E-state index in [1.807, 2.05) is 24.3 Å². The highest BCUT2D eigenvalue weighted by atomic mass is 16.5. The van der Waals surface area contributed by atoms with Crippen molar-refractivity contribution in [3.63, 3.8) is 0 Å². The van der Waals surface area contributed by atoms with Crippen LogP contribution in [0.15, 0.2) is 42.5 Å². The second-order valence-electron chi connectivity index (χ2n) is 4.94. The Morgan fingerprint density at radius 3 is 2.68 bits per heavy atom. The first-order valence-corrected chi connectivity index (χ1v) is 6.63. The fourth-order valence-electron chi connectivity index (χ4n) is 2.59. The van der Waals surface area contributed by atoms with Crippen molar-refractivity contribution in [3.05, 3.63) is 59.2 Å². The lowest BCUT2D eigenvalue weighted by molar-refractivity contribution is 0.101. The Balaban J connectivity index is 1.91. The molecular formula is C17H16O2. The number of Topliss-reactive ketones (excluding diaryl/α,β-unsaturated/α-hetero) is 1. The number of carbonyl (C=O) groups excluding carboxylic acids is 1. The normalized spacial score (nSPS) is 13.1. The molecule has 0 radical (unpaired) electrons. The quantitative estimate of drug-likeness (QED) is 0.766. The van der Waals surface area contributed by atoms with E-state index in [0.29, 0.717) is 11.3 Å². The van der Waals surface area contributed by atoms with Gasteiger partial charge < -0.3 is 4.74 Å². The average Bonchev–Trinajstić information content (AvgIpc) is 2.86. The van der Waals surface area contributed by atoms with Gasteiger partial charge in [0.15, 0.2) is 5.78 Å². The number of aryl methyl sites for hydroxylation is 2. The molecule has 19 heavy (non-hydrogen) atoms. The largest absolute Gasteiger partial charge is 0.457 e. The maximum Gasteiger partial charge on any atom is 0.163 e. The van der Waals surface area contributed by atoms with E-state index in [1.165, 1.54) is 24.0 Å². The summed E-state index contributed by atoms with van der Waals surface area (Å²) in [6, 6.07) is 13.6. The van der Waals surface area contributed by atoms with Crippen molar-refractivity contribution >= 4 is 5.78 Å². The van der Waals surface area contributed by atoms with Gasteiger partial charge in [0.05, 0.1) is 5.56 Å².